The van der Waals surface area contributed by atoms with Gasteiger partial charge in [-0.25, -0.2) is 9.89 Å². The molecule has 2 heterocycles. The first-order valence-corrected chi connectivity index (χ1v) is 6.24. The molecule has 0 atom stereocenters. The fraction of sp³-hybridized carbons (Fsp3) is 0.385. The second-order valence-corrected chi connectivity index (χ2v) is 4.42. The van der Waals surface area contributed by atoms with E-state index in [1.165, 1.54) is 0 Å². The lowest BCUT2D eigenvalue weighted by atomic mass is 10.3. The highest BCUT2D eigenvalue weighted by atomic mass is 16.2. The van der Waals surface area contributed by atoms with Gasteiger partial charge in [-0.15, -0.1) is 0 Å². The first kappa shape index (κ1) is 11.2. The molecule has 1 N–H and O–H groups in total. The lowest BCUT2D eigenvalue weighted by Gasteiger charge is -2.32. The molecule has 0 bridgehead atoms. The Morgan fingerprint density at radius 3 is 2.56 bits per heavy atom. The van der Waals surface area contributed by atoms with Crippen molar-refractivity contribution in [3.8, 4) is 0 Å². The van der Waals surface area contributed by atoms with Gasteiger partial charge in [0.15, 0.2) is 0 Å². The number of para-hydroxylation sites is 1. The first-order valence-electron chi connectivity index (χ1n) is 6.24. The summed E-state index contributed by atoms with van der Waals surface area (Å²) in [5, 5.41) is 3.30. The standard InChI is InChI=1S/C13H16N4O/c18-12-10-15-13(16-8-6-14-7-9-16)17(12)11-4-2-1-3-5-11/h1-5,14H,6-10H2. The summed E-state index contributed by atoms with van der Waals surface area (Å²) in [6.07, 6.45) is 0. The molecule has 0 saturated carbocycles. The van der Waals surface area contributed by atoms with Crippen molar-refractivity contribution in [3.05, 3.63) is 30.3 Å². The Kier molecular flexibility index (Phi) is 2.98. The molecule has 18 heavy (non-hydrogen) atoms. The molecule has 5 nitrogen and oxygen atoms in total. The number of guanidine groups is 1. The number of rotatable bonds is 1. The van der Waals surface area contributed by atoms with Gasteiger partial charge in [-0.1, -0.05) is 18.2 Å². The van der Waals surface area contributed by atoms with E-state index in [4.69, 9.17) is 0 Å². The van der Waals surface area contributed by atoms with Gasteiger partial charge in [0.05, 0.1) is 5.69 Å². The van der Waals surface area contributed by atoms with Crippen molar-refractivity contribution < 1.29 is 4.79 Å². The molecule has 0 radical (unpaired) electrons. The molecule has 2 aliphatic rings. The lowest BCUT2D eigenvalue weighted by molar-refractivity contribution is -0.115. The monoisotopic (exact) mass is 244 g/mol. The zero-order valence-corrected chi connectivity index (χ0v) is 10.2. The number of nitrogens with zero attached hydrogens (tertiary/aromatic N) is 3. The number of hydrogen-bond donors (Lipinski definition) is 1. The van der Waals surface area contributed by atoms with Crippen LogP contribution < -0.4 is 10.2 Å². The van der Waals surface area contributed by atoms with E-state index in [9.17, 15) is 4.79 Å². The van der Waals surface area contributed by atoms with Crippen LogP contribution in [0, 0.1) is 0 Å². The minimum absolute atomic E-state index is 0.0507. The van der Waals surface area contributed by atoms with Gasteiger partial charge >= 0.3 is 0 Å². The fourth-order valence-corrected chi connectivity index (χ4v) is 2.33. The minimum Gasteiger partial charge on any atom is -0.340 e. The average Bonchev–Trinajstić information content (AvgIpc) is 2.83. The van der Waals surface area contributed by atoms with E-state index in [1.54, 1.807) is 4.90 Å². The quantitative estimate of drug-likeness (QED) is 0.772. The molecule has 3 rings (SSSR count). The molecule has 1 fully saturated rings. The average molecular weight is 244 g/mol. The van der Waals surface area contributed by atoms with Crippen molar-refractivity contribution >= 4 is 17.6 Å². The predicted octanol–water partition coefficient (Wildman–Crippen LogP) is 0.294. The molecule has 1 amide bonds. The topological polar surface area (TPSA) is 47.9 Å². The van der Waals surface area contributed by atoms with E-state index in [-0.39, 0.29) is 12.5 Å². The maximum atomic E-state index is 12.0. The van der Waals surface area contributed by atoms with Gasteiger partial charge in [-0.05, 0) is 12.1 Å². The molecule has 2 aliphatic heterocycles. The maximum Gasteiger partial charge on any atom is 0.255 e. The SMILES string of the molecule is O=C1CN=C(N2CCNCC2)N1c1ccccc1. The van der Waals surface area contributed by atoms with Crippen molar-refractivity contribution in [3.63, 3.8) is 0 Å². The van der Waals surface area contributed by atoms with Gasteiger partial charge in [-0.3, -0.25) is 4.79 Å². The molecule has 0 aromatic heterocycles. The summed E-state index contributed by atoms with van der Waals surface area (Å²) < 4.78 is 0. The van der Waals surface area contributed by atoms with Crippen molar-refractivity contribution in [2.45, 2.75) is 0 Å². The Labute approximate surface area is 106 Å². The second kappa shape index (κ2) is 4.78. The van der Waals surface area contributed by atoms with Crippen LogP contribution in [0.15, 0.2) is 35.3 Å². The molecule has 5 heteroatoms. The van der Waals surface area contributed by atoms with E-state index in [1.807, 2.05) is 30.3 Å². The van der Waals surface area contributed by atoms with Crippen LogP contribution >= 0.6 is 0 Å². The highest BCUT2D eigenvalue weighted by Crippen LogP contribution is 2.19. The third kappa shape index (κ3) is 1.97. The molecule has 1 saturated heterocycles. The molecule has 94 valence electrons. The van der Waals surface area contributed by atoms with Crippen LogP contribution in [0.1, 0.15) is 0 Å². The number of nitrogens with one attached hydrogen (secondary N) is 1. The van der Waals surface area contributed by atoms with E-state index >= 15 is 0 Å². The minimum atomic E-state index is 0.0507. The molecular weight excluding hydrogens is 228 g/mol. The number of carbonyl (C=O) groups is 1. The Morgan fingerprint density at radius 1 is 1.11 bits per heavy atom. The highest BCUT2D eigenvalue weighted by molar-refractivity contribution is 6.20. The lowest BCUT2D eigenvalue weighted by Crippen LogP contribution is -2.52. The maximum absolute atomic E-state index is 12.0. The van der Waals surface area contributed by atoms with Crippen molar-refractivity contribution in [1.29, 1.82) is 0 Å². The molecule has 0 aliphatic carbocycles. The summed E-state index contributed by atoms with van der Waals surface area (Å²) in [6.45, 7) is 3.94. The van der Waals surface area contributed by atoms with Crippen molar-refractivity contribution in [2.24, 2.45) is 4.99 Å². The Hall–Kier alpha value is -1.88. The molecule has 1 aromatic carbocycles. The van der Waals surface area contributed by atoms with Crippen LogP contribution in [-0.2, 0) is 4.79 Å². The number of benzene rings is 1. The third-order valence-corrected chi connectivity index (χ3v) is 3.22. The smallest absolute Gasteiger partial charge is 0.255 e. The zero-order valence-electron chi connectivity index (χ0n) is 10.2. The number of hydrogen-bond acceptors (Lipinski definition) is 4. The Balaban J connectivity index is 1.87. The van der Waals surface area contributed by atoms with Crippen LogP contribution in [0.3, 0.4) is 0 Å². The van der Waals surface area contributed by atoms with Crippen LogP contribution in [0.4, 0.5) is 5.69 Å². The fourth-order valence-electron chi connectivity index (χ4n) is 2.33. The summed E-state index contributed by atoms with van der Waals surface area (Å²) in [5.41, 5.74) is 0.900. The second-order valence-electron chi connectivity index (χ2n) is 4.42. The third-order valence-electron chi connectivity index (χ3n) is 3.22. The van der Waals surface area contributed by atoms with Crippen LogP contribution in [0.25, 0.3) is 0 Å². The van der Waals surface area contributed by atoms with Crippen LogP contribution in [-0.4, -0.2) is 49.5 Å². The summed E-state index contributed by atoms with van der Waals surface area (Å²) in [5.74, 6) is 0.849. The molecule has 0 unspecified atom stereocenters. The van der Waals surface area contributed by atoms with Crippen LogP contribution in [0.2, 0.25) is 0 Å². The summed E-state index contributed by atoms with van der Waals surface area (Å²) in [4.78, 5) is 20.3. The van der Waals surface area contributed by atoms with Crippen LogP contribution in [0.5, 0.6) is 0 Å². The molecular formula is C13H16N4O. The Morgan fingerprint density at radius 2 is 1.83 bits per heavy atom. The normalized spacial score (nSPS) is 20.2. The van der Waals surface area contributed by atoms with Crippen molar-refractivity contribution in [2.75, 3.05) is 37.6 Å². The largest absolute Gasteiger partial charge is 0.340 e. The Bertz CT molecular complexity index is 465. The van der Waals surface area contributed by atoms with E-state index in [0.29, 0.717) is 0 Å². The van der Waals surface area contributed by atoms with Gasteiger partial charge in [0.25, 0.3) is 5.91 Å². The first-order chi connectivity index (χ1) is 8.86. The number of piperazine rings is 1. The number of amides is 1. The number of aliphatic imine (C=N–C) groups is 1. The van der Waals surface area contributed by atoms with Gasteiger partial charge in [-0.2, -0.15) is 0 Å². The summed E-state index contributed by atoms with van der Waals surface area (Å²) in [6, 6.07) is 9.72. The van der Waals surface area contributed by atoms with Gasteiger partial charge in [0, 0.05) is 26.2 Å². The van der Waals surface area contributed by atoms with Gasteiger partial charge in [0.1, 0.15) is 6.54 Å². The van der Waals surface area contributed by atoms with Gasteiger partial charge in [0.2, 0.25) is 5.96 Å². The summed E-state index contributed by atoms with van der Waals surface area (Å²) in [7, 11) is 0. The predicted molar refractivity (Wildman–Crippen MR) is 70.7 cm³/mol. The van der Waals surface area contributed by atoms with Gasteiger partial charge < -0.3 is 10.2 Å². The molecule has 1 aromatic rings. The van der Waals surface area contributed by atoms with E-state index in [2.05, 4.69) is 15.2 Å². The number of anilines is 1. The number of carbonyl (C=O) groups excluding carboxylic acids is 1. The van der Waals surface area contributed by atoms with E-state index < -0.39 is 0 Å². The summed E-state index contributed by atoms with van der Waals surface area (Å²) >= 11 is 0. The van der Waals surface area contributed by atoms with Crippen molar-refractivity contribution in [1.82, 2.24) is 10.2 Å². The molecule has 0 spiro atoms. The van der Waals surface area contributed by atoms with E-state index in [0.717, 1.165) is 37.8 Å². The zero-order chi connectivity index (χ0) is 12.4. The highest BCUT2D eigenvalue weighted by Gasteiger charge is 2.31.